The van der Waals surface area contributed by atoms with Gasteiger partial charge in [-0.2, -0.15) is 0 Å². The molecule has 3 aromatic rings. The zero-order valence-electron chi connectivity index (χ0n) is 17.4. The van der Waals surface area contributed by atoms with Crippen molar-refractivity contribution in [2.45, 2.75) is 6.04 Å². The first kappa shape index (κ1) is 21.8. The molecule has 5 nitrogen and oxygen atoms in total. The zero-order chi connectivity index (χ0) is 22.2. The fraction of sp³-hybridized carbons (Fsp3) is 0.120. The maximum Gasteiger partial charge on any atom is 0.205 e. The summed E-state index contributed by atoms with van der Waals surface area (Å²) in [5.74, 6) is -0.117. The second-order valence-electron chi connectivity index (χ2n) is 6.81. The van der Waals surface area contributed by atoms with Gasteiger partial charge >= 0.3 is 0 Å². The van der Waals surface area contributed by atoms with Gasteiger partial charge in [0.2, 0.25) is 5.78 Å². The lowest BCUT2D eigenvalue weighted by Gasteiger charge is -2.21. The predicted molar refractivity (Wildman–Crippen MR) is 123 cm³/mol. The Labute approximate surface area is 181 Å². The summed E-state index contributed by atoms with van der Waals surface area (Å²) in [5, 5.41) is 3.25. The van der Waals surface area contributed by atoms with E-state index in [-0.39, 0.29) is 11.5 Å². The molecule has 0 saturated carbocycles. The Bertz CT molecular complexity index is 1110. The molecule has 0 fully saturated rings. The van der Waals surface area contributed by atoms with Gasteiger partial charge in [-0.05, 0) is 35.4 Å². The van der Waals surface area contributed by atoms with Crippen molar-refractivity contribution in [1.29, 1.82) is 0 Å². The highest BCUT2D eigenvalue weighted by molar-refractivity contribution is 6.20. The number of nitrogens with one attached hydrogen (secondary N) is 1. The molecule has 0 heterocycles. The Morgan fingerprint density at radius 1 is 1.06 bits per heavy atom. The van der Waals surface area contributed by atoms with Gasteiger partial charge in [0.25, 0.3) is 0 Å². The van der Waals surface area contributed by atoms with Crippen molar-refractivity contribution in [3.8, 4) is 5.75 Å². The minimum Gasteiger partial charge on any atom is -0.497 e. The van der Waals surface area contributed by atoms with Crippen LogP contribution in [0.15, 0.2) is 89.6 Å². The van der Waals surface area contributed by atoms with Gasteiger partial charge in [-0.1, -0.05) is 48.5 Å². The Balaban J connectivity index is 2.06. The third-order valence-corrected chi connectivity index (χ3v) is 4.73. The minimum atomic E-state index is -0.762. The first-order chi connectivity index (χ1) is 15.0. The third kappa shape index (κ3) is 5.36. The minimum absolute atomic E-state index is 0.0135. The average molecular weight is 417 g/mol. The normalized spacial score (nSPS) is 12.9. The molecule has 3 aromatic carbocycles. The van der Waals surface area contributed by atoms with E-state index in [1.807, 2.05) is 48.5 Å². The van der Waals surface area contributed by atoms with Crippen LogP contribution in [0.1, 0.15) is 17.2 Å². The van der Waals surface area contributed by atoms with Crippen LogP contribution in [-0.4, -0.2) is 26.2 Å². The Kier molecular flexibility index (Phi) is 7.17. The van der Waals surface area contributed by atoms with Gasteiger partial charge < -0.3 is 15.8 Å². The summed E-state index contributed by atoms with van der Waals surface area (Å²) >= 11 is 0. The van der Waals surface area contributed by atoms with Crippen LogP contribution in [0.25, 0.3) is 5.57 Å². The number of carbonyl (C=O) groups excluding carboxylic acids is 1. The van der Waals surface area contributed by atoms with Crippen molar-refractivity contribution < 1.29 is 13.9 Å². The van der Waals surface area contributed by atoms with E-state index >= 15 is 0 Å². The van der Waals surface area contributed by atoms with Gasteiger partial charge in [0.05, 0.1) is 12.8 Å². The Morgan fingerprint density at radius 3 is 2.48 bits per heavy atom. The van der Waals surface area contributed by atoms with Crippen molar-refractivity contribution in [2.24, 2.45) is 10.7 Å². The van der Waals surface area contributed by atoms with Gasteiger partial charge in [-0.3, -0.25) is 9.79 Å². The Hall–Kier alpha value is -3.93. The molecule has 0 saturated heterocycles. The molecule has 3 rings (SSSR count). The number of nitrogens with zero attached hydrogens (tertiary/aromatic N) is 1. The van der Waals surface area contributed by atoms with E-state index in [1.165, 1.54) is 18.3 Å². The molecule has 0 aromatic heterocycles. The number of halogens is 1. The lowest BCUT2D eigenvalue weighted by molar-refractivity contribution is -0.116. The number of ether oxygens (including phenoxy) is 1. The SMILES string of the molecule is CN=CC(=C(N)C(=O)C(Nc1cccc(OC)c1)c1ccccc1)c1cccc(F)c1. The van der Waals surface area contributed by atoms with Crippen LogP contribution < -0.4 is 15.8 Å². The highest BCUT2D eigenvalue weighted by atomic mass is 19.1. The summed E-state index contributed by atoms with van der Waals surface area (Å²) in [4.78, 5) is 17.6. The molecule has 0 aliphatic heterocycles. The zero-order valence-corrected chi connectivity index (χ0v) is 17.4. The number of benzene rings is 3. The molecular weight excluding hydrogens is 393 g/mol. The number of nitrogens with two attached hydrogens (primary N) is 1. The van der Waals surface area contributed by atoms with Gasteiger partial charge in [-0.25, -0.2) is 4.39 Å². The molecule has 0 radical (unpaired) electrons. The van der Waals surface area contributed by atoms with E-state index in [9.17, 15) is 9.18 Å². The van der Waals surface area contributed by atoms with Crippen LogP contribution in [0, 0.1) is 5.82 Å². The van der Waals surface area contributed by atoms with Crippen molar-refractivity contribution in [2.75, 3.05) is 19.5 Å². The molecule has 0 spiro atoms. The number of aliphatic imine (C=N–C) groups is 1. The number of Topliss-reactive ketones (excluding diaryl/α,β-unsaturated/α-hetero) is 1. The molecule has 6 heteroatoms. The van der Waals surface area contributed by atoms with Gasteiger partial charge in [0.1, 0.15) is 17.6 Å². The van der Waals surface area contributed by atoms with E-state index < -0.39 is 11.9 Å². The number of allylic oxidation sites excluding steroid dienone is 1. The largest absolute Gasteiger partial charge is 0.497 e. The van der Waals surface area contributed by atoms with Crippen molar-refractivity contribution in [1.82, 2.24) is 0 Å². The number of rotatable bonds is 8. The summed E-state index contributed by atoms with van der Waals surface area (Å²) < 4.78 is 19.1. The molecule has 0 aliphatic carbocycles. The lowest BCUT2D eigenvalue weighted by Crippen LogP contribution is -2.27. The summed E-state index contributed by atoms with van der Waals surface area (Å²) in [5.41, 5.74) is 8.59. The fourth-order valence-corrected chi connectivity index (χ4v) is 3.20. The summed E-state index contributed by atoms with van der Waals surface area (Å²) in [7, 11) is 3.15. The van der Waals surface area contributed by atoms with E-state index in [0.29, 0.717) is 22.6 Å². The highest BCUT2D eigenvalue weighted by Gasteiger charge is 2.25. The van der Waals surface area contributed by atoms with Gasteiger partial charge in [-0.15, -0.1) is 0 Å². The average Bonchev–Trinajstić information content (AvgIpc) is 2.81. The third-order valence-electron chi connectivity index (χ3n) is 4.73. The van der Waals surface area contributed by atoms with Crippen LogP contribution >= 0.6 is 0 Å². The maximum absolute atomic E-state index is 13.8. The monoisotopic (exact) mass is 417 g/mol. The highest BCUT2D eigenvalue weighted by Crippen LogP contribution is 2.27. The van der Waals surface area contributed by atoms with E-state index in [4.69, 9.17) is 10.5 Å². The molecule has 1 atom stereocenters. The second-order valence-corrected chi connectivity index (χ2v) is 6.81. The lowest BCUT2D eigenvalue weighted by atomic mass is 9.95. The number of hydrogen-bond donors (Lipinski definition) is 2. The van der Waals surface area contributed by atoms with Crippen LogP contribution in [0.3, 0.4) is 0 Å². The smallest absolute Gasteiger partial charge is 0.205 e. The van der Waals surface area contributed by atoms with Crippen molar-refractivity contribution in [3.63, 3.8) is 0 Å². The molecule has 0 aliphatic rings. The predicted octanol–water partition coefficient (Wildman–Crippen LogP) is 4.63. The van der Waals surface area contributed by atoms with Crippen molar-refractivity contribution >= 4 is 23.3 Å². The molecule has 158 valence electrons. The molecule has 31 heavy (non-hydrogen) atoms. The van der Waals surface area contributed by atoms with E-state index in [0.717, 1.165) is 5.56 Å². The van der Waals surface area contributed by atoms with Crippen LogP contribution in [0.2, 0.25) is 0 Å². The Morgan fingerprint density at radius 2 is 1.81 bits per heavy atom. The van der Waals surface area contributed by atoms with Crippen LogP contribution in [-0.2, 0) is 4.79 Å². The van der Waals surface area contributed by atoms with E-state index in [2.05, 4.69) is 10.3 Å². The fourth-order valence-electron chi connectivity index (χ4n) is 3.20. The molecule has 0 amide bonds. The summed E-state index contributed by atoms with van der Waals surface area (Å²) in [6, 6.07) is 21.7. The second kappa shape index (κ2) is 10.2. The van der Waals surface area contributed by atoms with E-state index in [1.54, 1.807) is 32.4 Å². The standard InChI is InChI=1S/C25H24FN3O2/c1-28-16-22(18-10-6-11-19(26)14-18)23(27)25(30)24(17-8-4-3-5-9-17)29-20-12-7-13-21(15-20)31-2/h3-16,24,29H,27H2,1-2H3. The number of carbonyl (C=O) groups is 1. The number of anilines is 1. The van der Waals surface area contributed by atoms with Gasteiger partial charge in [0.15, 0.2) is 0 Å². The van der Waals surface area contributed by atoms with Gasteiger partial charge in [0, 0.05) is 30.6 Å². The molecular formula is C25H24FN3O2. The first-order valence-electron chi connectivity index (χ1n) is 9.71. The number of methoxy groups -OCH3 is 1. The first-order valence-corrected chi connectivity index (χ1v) is 9.71. The van der Waals surface area contributed by atoms with Crippen LogP contribution in [0.5, 0.6) is 5.75 Å². The summed E-state index contributed by atoms with van der Waals surface area (Å²) in [6.07, 6.45) is 1.47. The molecule has 1 unspecified atom stereocenters. The summed E-state index contributed by atoms with van der Waals surface area (Å²) in [6.45, 7) is 0. The van der Waals surface area contributed by atoms with Crippen LogP contribution in [0.4, 0.5) is 10.1 Å². The molecule has 0 bridgehead atoms. The topological polar surface area (TPSA) is 76.7 Å². The number of ketones is 1. The maximum atomic E-state index is 13.8. The van der Waals surface area contributed by atoms with Crippen molar-refractivity contribution in [3.05, 3.63) is 102 Å². The quantitative estimate of drug-likeness (QED) is 0.414. The number of hydrogen-bond acceptors (Lipinski definition) is 5. The molecule has 3 N–H and O–H groups in total.